The van der Waals surface area contributed by atoms with Gasteiger partial charge in [0.1, 0.15) is 0 Å². The molecule has 0 aliphatic carbocycles. The Bertz CT molecular complexity index is 306. The van der Waals surface area contributed by atoms with Crippen molar-refractivity contribution in [3.8, 4) is 0 Å². The van der Waals surface area contributed by atoms with E-state index in [2.05, 4.69) is 35.8 Å². The van der Waals surface area contributed by atoms with E-state index in [-0.39, 0.29) is 12.4 Å². The number of piperidine rings is 1. The van der Waals surface area contributed by atoms with Gasteiger partial charge >= 0.3 is 0 Å². The van der Waals surface area contributed by atoms with Gasteiger partial charge in [0.15, 0.2) is 0 Å². The average Bonchev–Trinajstić information content (AvgIpc) is 2.67. The molecular formula is C12H21ClN2S. The molecular weight excluding hydrogens is 240 g/mol. The maximum Gasteiger partial charge on any atom is 0.0236 e. The summed E-state index contributed by atoms with van der Waals surface area (Å²) in [6.45, 7) is 3.44. The minimum atomic E-state index is 0. The van der Waals surface area contributed by atoms with Crippen molar-refractivity contribution in [2.75, 3.05) is 27.2 Å². The van der Waals surface area contributed by atoms with Crippen LogP contribution in [-0.4, -0.2) is 32.1 Å². The zero-order valence-corrected chi connectivity index (χ0v) is 11.7. The van der Waals surface area contributed by atoms with Crippen LogP contribution in [0.2, 0.25) is 0 Å². The third-order valence-electron chi connectivity index (χ3n) is 2.91. The molecule has 0 radical (unpaired) electrons. The fourth-order valence-electron chi connectivity index (χ4n) is 2.16. The van der Waals surface area contributed by atoms with Crippen molar-refractivity contribution < 1.29 is 0 Å². The molecule has 2 nitrogen and oxygen atoms in total. The lowest BCUT2D eigenvalue weighted by molar-refractivity contribution is 0.402. The molecule has 16 heavy (non-hydrogen) atoms. The summed E-state index contributed by atoms with van der Waals surface area (Å²) in [5.74, 6) is 0.812. The predicted octanol–water partition coefficient (Wildman–Crippen LogP) is 2.70. The molecule has 4 heteroatoms. The van der Waals surface area contributed by atoms with Crippen molar-refractivity contribution in [1.82, 2.24) is 10.2 Å². The number of rotatable bonds is 3. The van der Waals surface area contributed by atoms with Crippen LogP contribution in [0.4, 0.5) is 0 Å². The summed E-state index contributed by atoms with van der Waals surface area (Å²) < 4.78 is 0. The fourth-order valence-corrected chi connectivity index (χ4v) is 3.24. The molecule has 2 heterocycles. The van der Waals surface area contributed by atoms with E-state index in [0.29, 0.717) is 0 Å². The Morgan fingerprint density at radius 3 is 2.69 bits per heavy atom. The third kappa shape index (κ3) is 3.74. The highest BCUT2D eigenvalue weighted by Gasteiger charge is 2.16. The number of nitrogens with one attached hydrogen (secondary N) is 1. The molecule has 0 aromatic carbocycles. The Morgan fingerprint density at radius 1 is 1.38 bits per heavy atom. The van der Waals surface area contributed by atoms with Crippen molar-refractivity contribution in [3.63, 3.8) is 0 Å². The van der Waals surface area contributed by atoms with Crippen LogP contribution >= 0.6 is 23.7 Å². The highest BCUT2D eigenvalue weighted by atomic mass is 35.5. The van der Waals surface area contributed by atoms with E-state index in [0.717, 1.165) is 12.5 Å². The SMILES string of the molecule is CN(C)Cc1csc(C2CCNCC2)c1.Cl. The molecule has 1 N–H and O–H groups in total. The van der Waals surface area contributed by atoms with E-state index >= 15 is 0 Å². The summed E-state index contributed by atoms with van der Waals surface area (Å²) in [7, 11) is 4.25. The van der Waals surface area contributed by atoms with Crippen LogP contribution < -0.4 is 5.32 Å². The van der Waals surface area contributed by atoms with Gasteiger partial charge in [0.05, 0.1) is 0 Å². The summed E-state index contributed by atoms with van der Waals surface area (Å²) in [5.41, 5.74) is 1.47. The van der Waals surface area contributed by atoms with Gasteiger partial charge in [-0.25, -0.2) is 0 Å². The molecule has 0 spiro atoms. The number of halogens is 1. The van der Waals surface area contributed by atoms with Crippen LogP contribution in [0.25, 0.3) is 0 Å². The third-order valence-corrected chi connectivity index (χ3v) is 4.06. The molecule has 1 saturated heterocycles. The second kappa shape index (κ2) is 6.60. The van der Waals surface area contributed by atoms with Crippen LogP contribution in [0.3, 0.4) is 0 Å². The zero-order valence-electron chi connectivity index (χ0n) is 10.0. The second-order valence-electron chi connectivity index (χ2n) is 4.62. The van der Waals surface area contributed by atoms with E-state index in [1.807, 2.05) is 11.3 Å². The van der Waals surface area contributed by atoms with Crippen molar-refractivity contribution in [2.45, 2.75) is 25.3 Å². The Hall–Kier alpha value is -0.0900. The van der Waals surface area contributed by atoms with Crippen molar-refractivity contribution >= 4 is 23.7 Å². The first kappa shape index (κ1) is 14.0. The van der Waals surface area contributed by atoms with Crippen molar-refractivity contribution in [3.05, 3.63) is 21.9 Å². The maximum absolute atomic E-state index is 3.42. The number of thiophene rings is 1. The zero-order chi connectivity index (χ0) is 10.7. The molecule has 92 valence electrons. The number of nitrogens with zero attached hydrogens (tertiary/aromatic N) is 1. The number of hydrogen-bond donors (Lipinski definition) is 1. The quantitative estimate of drug-likeness (QED) is 0.899. The molecule has 0 amide bonds. The van der Waals surface area contributed by atoms with Crippen LogP contribution in [0.1, 0.15) is 29.2 Å². The second-order valence-corrected chi connectivity index (χ2v) is 5.56. The molecule has 2 rings (SSSR count). The Morgan fingerprint density at radius 2 is 2.06 bits per heavy atom. The average molecular weight is 261 g/mol. The summed E-state index contributed by atoms with van der Waals surface area (Å²) in [4.78, 5) is 3.82. The monoisotopic (exact) mass is 260 g/mol. The fraction of sp³-hybridized carbons (Fsp3) is 0.667. The molecule has 0 bridgehead atoms. The maximum atomic E-state index is 3.42. The molecule has 1 aliphatic rings. The molecule has 0 saturated carbocycles. The summed E-state index contributed by atoms with van der Waals surface area (Å²) in [6.07, 6.45) is 2.61. The number of hydrogen-bond acceptors (Lipinski definition) is 3. The van der Waals surface area contributed by atoms with Crippen molar-refractivity contribution in [1.29, 1.82) is 0 Å². The van der Waals surface area contributed by atoms with Gasteiger partial charge in [-0.3, -0.25) is 0 Å². The van der Waals surface area contributed by atoms with Gasteiger partial charge in [-0.2, -0.15) is 0 Å². The van der Waals surface area contributed by atoms with Gasteiger partial charge < -0.3 is 10.2 Å². The van der Waals surface area contributed by atoms with Crippen LogP contribution in [-0.2, 0) is 6.54 Å². The van der Waals surface area contributed by atoms with Gasteiger partial charge in [-0.05, 0) is 63.0 Å². The van der Waals surface area contributed by atoms with Crippen LogP contribution in [0, 0.1) is 0 Å². The van der Waals surface area contributed by atoms with E-state index in [9.17, 15) is 0 Å². The topological polar surface area (TPSA) is 15.3 Å². The largest absolute Gasteiger partial charge is 0.317 e. The Balaban J connectivity index is 0.00000128. The van der Waals surface area contributed by atoms with E-state index in [1.54, 1.807) is 4.88 Å². The standard InChI is InChI=1S/C12H20N2S.ClH/c1-14(2)8-10-7-12(15-9-10)11-3-5-13-6-4-11;/h7,9,11,13H,3-6,8H2,1-2H3;1H. The first-order chi connectivity index (χ1) is 7.25. The molecule has 1 fully saturated rings. The predicted molar refractivity (Wildman–Crippen MR) is 73.8 cm³/mol. The van der Waals surface area contributed by atoms with Gasteiger partial charge in [0, 0.05) is 11.4 Å². The lowest BCUT2D eigenvalue weighted by Crippen LogP contribution is -2.26. The van der Waals surface area contributed by atoms with Crippen molar-refractivity contribution in [2.24, 2.45) is 0 Å². The van der Waals surface area contributed by atoms with E-state index in [4.69, 9.17) is 0 Å². The normalized spacial score (nSPS) is 17.4. The molecule has 1 aliphatic heterocycles. The first-order valence-corrected chi connectivity index (χ1v) is 6.56. The van der Waals surface area contributed by atoms with Gasteiger partial charge in [0.2, 0.25) is 0 Å². The highest BCUT2D eigenvalue weighted by Crippen LogP contribution is 2.30. The van der Waals surface area contributed by atoms with Crippen LogP contribution in [0.15, 0.2) is 11.4 Å². The Kier molecular flexibility index (Phi) is 5.76. The minimum absolute atomic E-state index is 0. The smallest absolute Gasteiger partial charge is 0.0236 e. The Labute approximate surface area is 108 Å². The molecule has 0 unspecified atom stereocenters. The van der Waals surface area contributed by atoms with E-state index < -0.39 is 0 Å². The molecule has 1 aromatic rings. The lowest BCUT2D eigenvalue weighted by Gasteiger charge is -2.21. The minimum Gasteiger partial charge on any atom is -0.317 e. The van der Waals surface area contributed by atoms with Crippen LogP contribution in [0.5, 0.6) is 0 Å². The van der Waals surface area contributed by atoms with Gasteiger partial charge in [-0.15, -0.1) is 23.7 Å². The van der Waals surface area contributed by atoms with Gasteiger partial charge in [-0.1, -0.05) is 0 Å². The highest BCUT2D eigenvalue weighted by molar-refractivity contribution is 7.10. The molecule has 0 atom stereocenters. The lowest BCUT2D eigenvalue weighted by atomic mass is 9.96. The first-order valence-electron chi connectivity index (χ1n) is 5.68. The van der Waals surface area contributed by atoms with E-state index in [1.165, 1.54) is 31.5 Å². The van der Waals surface area contributed by atoms with Gasteiger partial charge in [0.25, 0.3) is 0 Å². The summed E-state index contributed by atoms with van der Waals surface area (Å²) >= 11 is 1.94. The summed E-state index contributed by atoms with van der Waals surface area (Å²) in [6, 6.07) is 2.40. The molecule has 1 aromatic heterocycles. The summed E-state index contributed by atoms with van der Waals surface area (Å²) in [5, 5.41) is 5.74.